The average molecular weight is 504 g/mol. The van der Waals surface area contributed by atoms with Crippen LogP contribution in [0.2, 0.25) is 0 Å². The molecule has 5 heterocycles. The van der Waals surface area contributed by atoms with E-state index in [0.717, 1.165) is 32.5 Å². The molecule has 0 aromatic rings. The summed E-state index contributed by atoms with van der Waals surface area (Å²) in [6.07, 6.45) is 9.56. The molecule has 5 aliphatic rings. The smallest absolute Gasteiger partial charge is 0.312 e. The first-order chi connectivity index (χ1) is 17.6. The molecule has 10 nitrogen and oxygen atoms in total. The molecule has 0 radical (unpaired) electrons. The number of hydrogen-bond acceptors (Lipinski definition) is 8. The number of amides is 2. The summed E-state index contributed by atoms with van der Waals surface area (Å²) in [4.78, 5) is 46.8. The Balaban J connectivity index is 1.45. The molecule has 2 amide bonds. The number of aliphatic hydroxyl groups excluding tert-OH is 1. The second-order valence-electron chi connectivity index (χ2n) is 10.2. The van der Waals surface area contributed by atoms with Gasteiger partial charge in [0.2, 0.25) is 11.8 Å². The van der Waals surface area contributed by atoms with Crippen LogP contribution in [0.1, 0.15) is 25.7 Å². The predicted molar refractivity (Wildman–Crippen MR) is 129 cm³/mol. The molecule has 10 heteroatoms. The van der Waals surface area contributed by atoms with Crippen LogP contribution < -0.4 is 0 Å². The lowest BCUT2D eigenvalue weighted by Gasteiger charge is -2.36. The third-order valence-electron chi connectivity index (χ3n) is 8.03. The van der Waals surface area contributed by atoms with Gasteiger partial charge in [-0.15, -0.1) is 0 Å². The Labute approximate surface area is 211 Å². The van der Waals surface area contributed by atoms with Crippen LogP contribution in [0.4, 0.5) is 0 Å². The Morgan fingerprint density at radius 1 is 1.00 bits per heavy atom. The van der Waals surface area contributed by atoms with Crippen LogP contribution in [0.5, 0.6) is 0 Å². The van der Waals surface area contributed by atoms with Gasteiger partial charge >= 0.3 is 5.97 Å². The van der Waals surface area contributed by atoms with Crippen molar-refractivity contribution in [1.82, 2.24) is 14.7 Å². The van der Waals surface area contributed by atoms with Gasteiger partial charge in [-0.1, -0.05) is 24.3 Å². The molecule has 1 N–H and O–H groups in total. The summed E-state index contributed by atoms with van der Waals surface area (Å²) in [7, 11) is 0. The van der Waals surface area contributed by atoms with Gasteiger partial charge in [0.05, 0.1) is 31.8 Å². The summed E-state index contributed by atoms with van der Waals surface area (Å²) in [6.45, 7) is 5.37. The molecular weight excluding hydrogens is 466 g/mol. The molecule has 0 aliphatic carbocycles. The van der Waals surface area contributed by atoms with Crippen molar-refractivity contribution in [3.8, 4) is 0 Å². The van der Waals surface area contributed by atoms with Crippen LogP contribution in [-0.2, 0) is 28.6 Å². The van der Waals surface area contributed by atoms with Crippen LogP contribution in [0, 0.1) is 11.8 Å². The van der Waals surface area contributed by atoms with Crippen LogP contribution in [-0.4, -0.2) is 121 Å². The first-order valence-corrected chi connectivity index (χ1v) is 13.3. The molecule has 0 saturated carbocycles. The van der Waals surface area contributed by atoms with Gasteiger partial charge in [0.15, 0.2) is 0 Å². The number of morpholine rings is 1. The number of fused-ring (bicyclic) bond motifs is 2. The minimum absolute atomic E-state index is 0.0130. The van der Waals surface area contributed by atoms with Gasteiger partial charge < -0.3 is 29.1 Å². The zero-order chi connectivity index (χ0) is 25.1. The van der Waals surface area contributed by atoms with Crippen molar-refractivity contribution >= 4 is 17.8 Å². The fourth-order valence-electron chi connectivity index (χ4n) is 6.22. The SMILES string of the molecule is O=C1OCCC/C=C\[C@H]2O[C@]34C=CCN(CCN5CCOCC5)C(=O)C3N(CCCCO)C(=O)[C@@H]4[C@@H]12. The summed E-state index contributed by atoms with van der Waals surface area (Å²) in [5, 5.41) is 9.31. The fraction of sp³-hybridized carbons (Fsp3) is 0.731. The highest BCUT2D eigenvalue weighted by Gasteiger charge is 2.71. The van der Waals surface area contributed by atoms with Crippen molar-refractivity contribution < 1.29 is 33.7 Å². The van der Waals surface area contributed by atoms with Gasteiger partial charge in [-0.25, -0.2) is 0 Å². The largest absolute Gasteiger partial charge is 0.465 e. The normalized spacial score (nSPS) is 35.9. The van der Waals surface area contributed by atoms with Gasteiger partial charge in [-0.3, -0.25) is 19.3 Å². The minimum Gasteiger partial charge on any atom is -0.465 e. The Kier molecular flexibility index (Phi) is 7.76. The zero-order valence-corrected chi connectivity index (χ0v) is 20.8. The van der Waals surface area contributed by atoms with E-state index in [2.05, 4.69) is 4.90 Å². The van der Waals surface area contributed by atoms with Gasteiger partial charge in [0, 0.05) is 45.9 Å². The summed E-state index contributed by atoms with van der Waals surface area (Å²) in [6, 6.07) is -0.853. The van der Waals surface area contributed by atoms with E-state index in [4.69, 9.17) is 14.2 Å². The molecule has 5 atom stereocenters. The number of nitrogens with zero attached hydrogens (tertiary/aromatic N) is 3. The van der Waals surface area contributed by atoms with E-state index in [9.17, 15) is 19.5 Å². The van der Waals surface area contributed by atoms with E-state index in [0.29, 0.717) is 52.3 Å². The maximum atomic E-state index is 14.1. The summed E-state index contributed by atoms with van der Waals surface area (Å²) >= 11 is 0. The first-order valence-electron chi connectivity index (χ1n) is 13.3. The number of cyclic esters (lactones) is 1. The standard InChI is InChI=1S/C26H37N3O7/c30-15-4-3-10-29-22-24(32)28(12-11-27-13-17-34-18-14-27)9-6-8-26(22)21(23(29)31)20-19(36-26)7-2-1-5-16-35-25(20)33/h2,6-8,19-22,30H,1,3-5,9-18H2/b7-2-/t19-,20+,21+,22?,26+/m1/s1. The molecule has 0 bridgehead atoms. The molecule has 36 heavy (non-hydrogen) atoms. The number of hydrogen-bond donors (Lipinski definition) is 1. The number of carbonyl (C=O) groups is 3. The number of rotatable bonds is 7. The molecule has 1 spiro atoms. The highest BCUT2D eigenvalue weighted by atomic mass is 16.6. The van der Waals surface area contributed by atoms with E-state index in [1.807, 2.05) is 24.3 Å². The van der Waals surface area contributed by atoms with E-state index in [1.165, 1.54) is 0 Å². The number of unbranched alkanes of at least 4 members (excludes halogenated alkanes) is 1. The summed E-state index contributed by atoms with van der Waals surface area (Å²) in [5.74, 6) is -2.46. The molecule has 0 aromatic carbocycles. The number of carbonyl (C=O) groups excluding carboxylic acids is 3. The van der Waals surface area contributed by atoms with Crippen LogP contribution in [0.15, 0.2) is 24.3 Å². The first kappa shape index (κ1) is 25.4. The Hall–Kier alpha value is -2.27. The average Bonchev–Trinajstić information content (AvgIpc) is 3.29. The van der Waals surface area contributed by atoms with Crippen LogP contribution >= 0.6 is 0 Å². The highest BCUT2D eigenvalue weighted by molar-refractivity contribution is 5.99. The van der Waals surface area contributed by atoms with E-state index in [1.54, 1.807) is 9.80 Å². The second kappa shape index (κ2) is 11.0. The van der Waals surface area contributed by atoms with Crippen molar-refractivity contribution in [3.05, 3.63) is 24.3 Å². The lowest BCUT2D eigenvalue weighted by atomic mass is 9.78. The van der Waals surface area contributed by atoms with Gasteiger partial charge in [0.25, 0.3) is 0 Å². The topological polar surface area (TPSA) is 109 Å². The van der Waals surface area contributed by atoms with Gasteiger partial charge in [0.1, 0.15) is 17.6 Å². The van der Waals surface area contributed by atoms with E-state index < -0.39 is 35.6 Å². The van der Waals surface area contributed by atoms with Crippen molar-refractivity contribution in [2.75, 3.05) is 65.7 Å². The number of esters is 1. The van der Waals surface area contributed by atoms with Crippen LogP contribution in [0.25, 0.3) is 0 Å². The Morgan fingerprint density at radius 3 is 2.64 bits per heavy atom. The maximum absolute atomic E-state index is 14.1. The molecule has 5 aliphatic heterocycles. The molecule has 3 fully saturated rings. The number of allylic oxidation sites excluding steroid dienone is 1. The van der Waals surface area contributed by atoms with Crippen molar-refractivity contribution in [2.24, 2.45) is 11.8 Å². The Morgan fingerprint density at radius 2 is 1.83 bits per heavy atom. The number of aliphatic hydroxyl groups is 1. The van der Waals surface area contributed by atoms with E-state index in [-0.39, 0.29) is 18.4 Å². The molecule has 5 rings (SSSR count). The maximum Gasteiger partial charge on any atom is 0.312 e. The lowest BCUT2D eigenvalue weighted by Crippen LogP contribution is -2.56. The molecular formula is C26H37N3O7. The van der Waals surface area contributed by atoms with Crippen molar-refractivity contribution in [1.29, 1.82) is 0 Å². The molecule has 1 unspecified atom stereocenters. The third kappa shape index (κ3) is 4.60. The van der Waals surface area contributed by atoms with Crippen molar-refractivity contribution in [3.63, 3.8) is 0 Å². The third-order valence-corrected chi connectivity index (χ3v) is 8.03. The molecule has 3 saturated heterocycles. The van der Waals surface area contributed by atoms with Gasteiger partial charge in [-0.05, 0) is 25.7 Å². The monoisotopic (exact) mass is 503 g/mol. The van der Waals surface area contributed by atoms with Crippen LogP contribution in [0.3, 0.4) is 0 Å². The number of ether oxygens (including phenoxy) is 3. The predicted octanol–water partition coefficient (Wildman–Crippen LogP) is -0.0365. The summed E-state index contributed by atoms with van der Waals surface area (Å²) < 4.78 is 17.5. The zero-order valence-electron chi connectivity index (χ0n) is 20.8. The van der Waals surface area contributed by atoms with E-state index >= 15 is 0 Å². The minimum atomic E-state index is -1.22. The molecule has 0 aromatic heterocycles. The lowest BCUT2D eigenvalue weighted by molar-refractivity contribution is -0.154. The summed E-state index contributed by atoms with van der Waals surface area (Å²) in [5.41, 5.74) is -1.22. The van der Waals surface area contributed by atoms with Crippen molar-refractivity contribution in [2.45, 2.75) is 43.4 Å². The number of likely N-dealkylation sites (tertiary alicyclic amines) is 1. The second-order valence-corrected chi connectivity index (χ2v) is 10.2. The Bertz CT molecular complexity index is 902. The fourth-order valence-corrected chi connectivity index (χ4v) is 6.22. The van der Waals surface area contributed by atoms with Gasteiger partial charge in [-0.2, -0.15) is 0 Å². The highest BCUT2D eigenvalue weighted by Crippen LogP contribution is 2.53. The molecule has 198 valence electrons. The quantitative estimate of drug-likeness (QED) is 0.293.